The largest absolute Gasteiger partial charge is 0.481 e. The standard InChI is InChI=1S/C18H20ClN3O2/c1-12-9-16(11-22-8-2-3-14(10-22)18(23)24)21-17(20-12)13-4-6-15(19)7-5-13/h4-7,9,14H,2-3,8,10-11H2,1H3,(H,23,24). The summed E-state index contributed by atoms with van der Waals surface area (Å²) in [4.78, 5) is 22.5. The van der Waals surface area contributed by atoms with E-state index in [1.54, 1.807) is 0 Å². The molecule has 0 aliphatic carbocycles. The Hall–Kier alpha value is -1.98. The van der Waals surface area contributed by atoms with Crippen LogP contribution in [0.25, 0.3) is 11.4 Å². The number of aryl methyl sites for hydroxylation is 1. The average molecular weight is 346 g/mol. The van der Waals surface area contributed by atoms with Crippen LogP contribution in [0.2, 0.25) is 5.02 Å². The van der Waals surface area contributed by atoms with E-state index in [1.165, 1.54) is 0 Å². The van der Waals surface area contributed by atoms with Crippen LogP contribution in [0.3, 0.4) is 0 Å². The minimum atomic E-state index is -0.708. The number of carbonyl (C=O) groups is 1. The number of piperidine rings is 1. The number of rotatable bonds is 4. The second kappa shape index (κ2) is 7.28. The lowest BCUT2D eigenvalue weighted by Gasteiger charge is -2.30. The quantitative estimate of drug-likeness (QED) is 0.919. The highest BCUT2D eigenvalue weighted by Gasteiger charge is 2.25. The number of nitrogens with zero attached hydrogens (tertiary/aromatic N) is 3. The van der Waals surface area contributed by atoms with Crippen molar-refractivity contribution in [1.29, 1.82) is 0 Å². The van der Waals surface area contributed by atoms with Crippen LogP contribution in [0.1, 0.15) is 24.2 Å². The van der Waals surface area contributed by atoms with Gasteiger partial charge in [-0.25, -0.2) is 9.97 Å². The van der Waals surface area contributed by atoms with Crippen LogP contribution in [-0.4, -0.2) is 39.0 Å². The predicted octanol–water partition coefficient (Wildman–Crippen LogP) is 3.40. The first-order valence-electron chi connectivity index (χ1n) is 8.07. The Balaban J connectivity index is 1.79. The summed E-state index contributed by atoms with van der Waals surface area (Å²) in [5.41, 5.74) is 2.74. The highest BCUT2D eigenvalue weighted by atomic mass is 35.5. The molecule has 24 heavy (non-hydrogen) atoms. The van der Waals surface area contributed by atoms with Gasteiger partial charge < -0.3 is 5.11 Å². The first-order chi connectivity index (χ1) is 11.5. The van der Waals surface area contributed by atoms with Crippen molar-refractivity contribution in [1.82, 2.24) is 14.9 Å². The van der Waals surface area contributed by atoms with E-state index in [4.69, 9.17) is 11.6 Å². The van der Waals surface area contributed by atoms with Crippen molar-refractivity contribution in [2.24, 2.45) is 5.92 Å². The van der Waals surface area contributed by atoms with E-state index in [-0.39, 0.29) is 5.92 Å². The fourth-order valence-electron chi connectivity index (χ4n) is 3.07. The maximum absolute atomic E-state index is 11.2. The monoisotopic (exact) mass is 345 g/mol. The van der Waals surface area contributed by atoms with E-state index in [9.17, 15) is 9.90 Å². The maximum atomic E-state index is 11.2. The summed E-state index contributed by atoms with van der Waals surface area (Å²) in [6.07, 6.45) is 1.66. The number of carboxylic acid groups (broad SMARTS) is 1. The fraction of sp³-hybridized carbons (Fsp3) is 0.389. The van der Waals surface area contributed by atoms with Crippen LogP contribution >= 0.6 is 11.6 Å². The molecular formula is C18H20ClN3O2. The van der Waals surface area contributed by atoms with Crippen LogP contribution in [0.4, 0.5) is 0 Å². The lowest BCUT2D eigenvalue weighted by Crippen LogP contribution is -2.38. The minimum Gasteiger partial charge on any atom is -0.481 e. The van der Waals surface area contributed by atoms with Gasteiger partial charge in [0.1, 0.15) is 0 Å². The lowest BCUT2D eigenvalue weighted by atomic mass is 9.98. The smallest absolute Gasteiger partial charge is 0.307 e. The molecule has 0 saturated carbocycles. The Kier molecular flexibility index (Phi) is 5.11. The van der Waals surface area contributed by atoms with Gasteiger partial charge in [0, 0.05) is 29.4 Å². The average Bonchev–Trinajstić information content (AvgIpc) is 2.55. The summed E-state index contributed by atoms with van der Waals surface area (Å²) in [6.45, 7) is 4.08. The summed E-state index contributed by atoms with van der Waals surface area (Å²) in [6, 6.07) is 9.42. The number of likely N-dealkylation sites (tertiary alicyclic amines) is 1. The molecule has 6 heteroatoms. The fourth-order valence-corrected chi connectivity index (χ4v) is 3.20. The van der Waals surface area contributed by atoms with E-state index < -0.39 is 5.97 Å². The molecule has 5 nitrogen and oxygen atoms in total. The molecule has 0 bridgehead atoms. The zero-order valence-electron chi connectivity index (χ0n) is 13.6. The van der Waals surface area contributed by atoms with Gasteiger partial charge >= 0.3 is 5.97 Å². The van der Waals surface area contributed by atoms with Gasteiger partial charge in [0.05, 0.1) is 11.6 Å². The molecule has 1 aliphatic heterocycles. The Morgan fingerprint density at radius 1 is 1.33 bits per heavy atom. The molecule has 0 radical (unpaired) electrons. The van der Waals surface area contributed by atoms with E-state index in [0.717, 1.165) is 36.3 Å². The van der Waals surface area contributed by atoms with Gasteiger partial charge in [-0.2, -0.15) is 0 Å². The first-order valence-corrected chi connectivity index (χ1v) is 8.45. The molecule has 1 aromatic carbocycles. The summed E-state index contributed by atoms with van der Waals surface area (Å²) in [7, 11) is 0. The van der Waals surface area contributed by atoms with Crippen molar-refractivity contribution in [3.8, 4) is 11.4 Å². The summed E-state index contributed by atoms with van der Waals surface area (Å²) in [5.74, 6) is -0.314. The Labute approximate surface area is 146 Å². The van der Waals surface area contributed by atoms with Crippen molar-refractivity contribution in [3.63, 3.8) is 0 Å². The van der Waals surface area contributed by atoms with Gasteiger partial charge in [0.25, 0.3) is 0 Å². The first kappa shape index (κ1) is 16.9. The lowest BCUT2D eigenvalue weighted by molar-refractivity contribution is -0.143. The Bertz CT molecular complexity index is 734. The molecule has 2 heterocycles. The number of aliphatic carboxylic acids is 1. The molecule has 2 aromatic rings. The maximum Gasteiger partial charge on any atom is 0.307 e. The predicted molar refractivity (Wildman–Crippen MR) is 92.9 cm³/mol. The zero-order chi connectivity index (χ0) is 17.1. The van der Waals surface area contributed by atoms with Crippen LogP contribution in [0, 0.1) is 12.8 Å². The number of benzene rings is 1. The Morgan fingerprint density at radius 2 is 2.08 bits per heavy atom. The normalized spacial score (nSPS) is 18.5. The molecular weight excluding hydrogens is 326 g/mol. The van der Waals surface area contributed by atoms with Crippen molar-refractivity contribution >= 4 is 17.6 Å². The van der Waals surface area contributed by atoms with Crippen LogP contribution in [0.15, 0.2) is 30.3 Å². The van der Waals surface area contributed by atoms with Gasteiger partial charge in [-0.05, 0) is 56.6 Å². The molecule has 1 atom stereocenters. The molecule has 1 fully saturated rings. The highest BCUT2D eigenvalue weighted by Crippen LogP contribution is 2.21. The molecule has 126 valence electrons. The van der Waals surface area contributed by atoms with Gasteiger partial charge in [-0.15, -0.1) is 0 Å². The van der Waals surface area contributed by atoms with Crippen LogP contribution in [-0.2, 0) is 11.3 Å². The van der Waals surface area contributed by atoms with Gasteiger partial charge in [0.15, 0.2) is 5.82 Å². The van der Waals surface area contributed by atoms with Crippen LogP contribution in [0.5, 0.6) is 0 Å². The summed E-state index contributed by atoms with van der Waals surface area (Å²) >= 11 is 5.93. The second-order valence-corrected chi connectivity index (χ2v) is 6.68. The SMILES string of the molecule is Cc1cc(CN2CCCC(C(=O)O)C2)nc(-c2ccc(Cl)cc2)n1. The zero-order valence-corrected chi connectivity index (χ0v) is 14.3. The van der Waals surface area contributed by atoms with E-state index in [1.807, 2.05) is 37.3 Å². The molecule has 1 saturated heterocycles. The molecule has 1 aromatic heterocycles. The molecule has 1 unspecified atom stereocenters. The van der Waals surface area contributed by atoms with E-state index in [2.05, 4.69) is 14.9 Å². The van der Waals surface area contributed by atoms with E-state index >= 15 is 0 Å². The van der Waals surface area contributed by atoms with Gasteiger partial charge in [-0.3, -0.25) is 9.69 Å². The molecule has 1 N–H and O–H groups in total. The van der Waals surface area contributed by atoms with Crippen molar-refractivity contribution in [2.75, 3.05) is 13.1 Å². The van der Waals surface area contributed by atoms with Crippen LogP contribution < -0.4 is 0 Å². The number of hydrogen-bond donors (Lipinski definition) is 1. The second-order valence-electron chi connectivity index (χ2n) is 6.24. The molecule has 3 rings (SSSR count). The number of carboxylic acids is 1. The molecule has 0 spiro atoms. The number of halogens is 1. The Morgan fingerprint density at radius 3 is 2.79 bits per heavy atom. The van der Waals surface area contributed by atoms with E-state index in [0.29, 0.717) is 23.9 Å². The number of aromatic nitrogens is 2. The van der Waals surface area contributed by atoms with Crippen molar-refractivity contribution in [2.45, 2.75) is 26.3 Å². The molecule has 1 aliphatic rings. The highest BCUT2D eigenvalue weighted by molar-refractivity contribution is 6.30. The summed E-state index contributed by atoms with van der Waals surface area (Å²) in [5, 5.41) is 9.90. The van der Waals surface area contributed by atoms with Gasteiger partial charge in [-0.1, -0.05) is 11.6 Å². The summed E-state index contributed by atoms with van der Waals surface area (Å²) < 4.78 is 0. The third-order valence-corrected chi connectivity index (χ3v) is 4.50. The topological polar surface area (TPSA) is 66.3 Å². The third-order valence-electron chi connectivity index (χ3n) is 4.25. The number of hydrogen-bond acceptors (Lipinski definition) is 4. The third kappa shape index (κ3) is 4.10. The van der Waals surface area contributed by atoms with Crippen molar-refractivity contribution in [3.05, 3.63) is 46.7 Å². The minimum absolute atomic E-state index is 0.280. The molecule has 0 amide bonds. The van der Waals surface area contributed by atoms with Gasteiger partial charge in [0.2, 0.25) is 0 Å². The van der Waals surface area contributed by atoms with Crippen molar-refractivity contribution < 1.29 is 9.90 Å².